The van der Waals surface area contributed by atoms with Crippen molar-refractivity contribution in [1.82, 2.24) is 0 Å². The van der Waals surface area contributed by atoms with Gasteiger partial charge in [0.2, 0.25) is 0 Å². The lowest BCUT2D eigenvalue weighted by atomic mass is 10.0. The molecule has 0 N–H and O–H groups in total. The number of ether oxygens (including phenoxy) is 1. The first kappa shape index (κ1) is 17.5. The summed E-state index contributed by atoms with van der Waals surface area (Å²) in [5.74, 6) is -4.96. The van der Waals surface area contributed by atoms with E-state index in [4.69, 9.17) is 10.00 Å². The fourth-order valence-corrected chi connectivity index (χ4v) is 1.92. The third-order valence-corrected chi connectivity index (χ3v) is 3.48. The Morgan fingerprint density at radius 3 is 2.67 bits per heavy atom. The van der Waals surface area contributed by atoms with Crippen LogP contribution < -0.4 is 4.74 Å². The monoisotopic (exact) mass is 363 g/mol. The maximum absolute atomic E-state index is 13.9. The Hall–Kier alpha value is -1.55. The highest BCUT2D eigenvalue weighted by Gasteiger charge is 2.34. The molecule has 0 saturated carbocycles. The van der Waals surface area contributed by atoms with Crippen LogP contribution in [-0.4, -0.2) is 11.9 Å². The fourth-order valence-electron chi connectivity index (χ4n) is 1.58. The van der Waals surface area contributed by atoms with E-state index in [0.717, 1.165) is 12.1 Å². The van der Waals surface area contributed by atoms with Crippen LogP contribution in [0, 0.1) is 17.1 Å². The molecule has 0 aliphatic rings. The van der Waals surface area contributed by atoms with Crippen LogP contribution >= 0.6 is 15.9 Å². The molecule has 1 atom stereocenters. The first-order valence-corrected chi connectivity index (χ1v) is 6.95. The van der Waals surface area contributed by atoms with Crippen molar-refractivity contribution < 1.29 is 22.7 Å². The summed E-state index contributed by atoms with van der Waals surface area (Å²) in [7, 11) is 0. The Labute approximate surface area is 128 Å². The molecule has 21 heavy (non-hydrogen) atoms. The van der Waals surface area contributed by atoms with Gasteiger partial charge in [0.1, 0.15) is 11.6 Å². The van der Waals surface area contributed by atoms with Gasteiger partial charge in [-0.05, 0) is 28.9 Å². The molecule has 0 fully saturated rings. The minimum atomic E-state index is -3.22. The number of alkyl halides is 2. The molecule has 0 aromatic heterocycles. The number of benzene rings is 1. The number of ketones is 1. The van der Waals surface area contributed by atoms with Crippen LogP contribution in [0.1, 0.15) is 32.3 Å². The summed E-state index contributed by atoms with van der Waals surface area (Å²) in [5, 5.41) is 8.44. The topological polar surface area (TPSA) is 50.1 Å². The number of rotatable bonds is 6. The van der Waals surface area contributed by atoms with E-state index in [1.54, 1.807) is 6.07 Å². The highest BCUT2D eigenvalue weighted by molar-refractivity contribution is 9.10. The van der Waals surface area contributed by atoms with Gasteiger partial charge in [-0.15, -0.1) is 0 Å². The Bertz CT molecular complexity index is 584. The number of halogens is 4. The van der Waals surface area contributed by atoms with Crippen LogP contribution in [0.3, 0.4) is 0 Å². The van der Waals surface area contributed by atoms with Gasteiger partial charge in [0.15, 0.2) is 11.9 Å². The van der Waals surface area contributed by atoms with Gasteiger partial charge in [-0.2, -0.15) is 5.26 Å². The van der Waals surface area contributed by atoms with Gasteiger partial charge in [0.05, 0.1) is 22.5 Å². The summed E-state index contributed by atoms with van der Waals surface area (Å²) >= 11 is 2.85. The summed E-state index contributed by atoms with van der Waals surface area (Å²) in [6.45, 7) is 2.61. The van der Waals surface area contributed by atoms with E-state index in [1.165, 1.54) is 13.8 Å². The predicted octanol–water partition coefficient (Wildman–Crippen LogP) is 4.34. The van der Waals surface area contributed by atoms with Crippen LogP contribution in [0.2, 0.25) is 0 Å². The van der Waals surface area contributed by atoms with Crippen LogP contribution in [-0.2, 0) is 10.7 Å². The van der Waals surface area contributed by atoms with E-state index in [-0.39, 0.29) is 4.47 Å². The van der Waals surface area contributed by atoms with Crippen LogP contribution in [0.15, 0.2) is 16.6 Å². The smallest absolute Gasteiger partial charge is 0.276 e. The van der Waals surface area contributed by atoms with Crippen molar-refractivity contribution >= 4 is 21.7 Å². The van der Waals surface area contributed by atoms with Crippen LogP contribution in [0.4, 0.5) is 13.2 Å². The number of carbonyl (C=O) groups is 1. The van der Waals surface area contributed by atoms with Crippen molar-refractivity contribution in [3.8, 4) is 11.8 Å². The number of hydrogen-bond donors (Lipinski definition) is 0. The Morgan fingerprint density at radius 2 is 2.14 bits per heavy atom. The summed E-state index contributed by atoms with van der Waals surface area (Å²) in [5.41, 5.74) is -0.505. The zero-order chi connectivity index (χ0) is 16.2. The largest absolute Gasteiger partial charge is 0.482 e. The number of carbonyl (C=O) groups excluding carboxylic acids is 1. The SMILES string of the molecule is CCC(F)(F)c1cc(Br)c(F)cc1O[C@@H](C)C(=O)CC#N. The van der Waals surface area contributed by atoms with E-state index in [1.807, 2.05) is 0 Å². The lowest BCUT2D eigenvalue weighted by Gasteiger charge is -2.21. The van der Waals surface area contributed by atoms with Crippen molar-refractivity contribution in [3.05, 3.63) is 28.0 Å². The summed E-state index contributed by atoms with van der Waals surface area (Å²) in [6, 6.07) is 3.40. The standard InChI is InChI=1S/C14H13BrF3NO2/c1-3-14(17,18)9-6-10(15)11(16)7-13(9)21-8(2)12(20)4-5-19/h6-8H,3-4H2,1-2H3/t8-/m0/s1. The molecule has 3 nitrogen and oxygen atoms in total. The Balaban J connectivity index is 3.20. The van der Waals surface area contributed by atoms with Crippen LogP contribution in [0.5, 0.6) is 5.75 Å². The number of nitriles is 1. The molecule has 0 aliphatic carbocycles. The fraction of sp³-hybridized carbons (Fsp3) is 0.429. The van der Waals surface area contributed by atoms with Gasteiger partial charge in [-0.25, -0.2) is 13.2 Å². The first-order valence-electron chi connectivity index (χ1n) is 6.16. The van der Waals surface area contributed by atoms with Crippen molar-refractivity contribution in [1.29, 1.82) is 5.26 Å². The predicted molar refractivity (Wildman–Crippen MR) is 73.6 cm³/mol. The van der Waals surface area contributed by atoms with E-state index < -0.39 is 47.8 Å². The molecule has 0 unspecified atom stereocenters. The molecular weight excluding hydrogens is 351 g/mol. The second kappa shape index (κ2) is 6.94. The zero-order valence-electron chi connectivity index (χ0n) is 11.4. The molecule has 0 saturated heterocycles. The maximum atomic E-state index is 13.9. The molecule has 7 heteroatoms. The number of hydrogen-bond acceptors (Lipinski definition) is 3. The third kappa shape index (κ3) is 4.21. The molecular formula is C14H13BrF3NO2. The van der Waals surface area contributed by atoms with Gasteiger partial charge in [-0.1, -0.05) is 6.92 Å². The van der Waals surface area contributed by atoms with Crippen molar-refractivity contribution in [2.75, 3.05) is 0 Å². The van der Waals surface area contributed by atoms with E-state index in [2.05, 4.69) is 15.9 Å². The van der Waals surface area contributed by atoms with Gasteiger partial charge in [0.25, 0.3) is 5.92 Å². The van der Waals surface area contributed by atoms with E-state index in [0.29, 0.717) is 0 Å². The second-order valence-corrected chi connectivity index (χ2v) is 5.24. The zero-order valence-corrected chi connectivity index (χ0v) is 13.0. The van der Waals surface area contributed by atoms with Gasteiger partial charge in [0, 0.05) is 12.5 Å². The molecule has 0 amide bonds. The number of Topliss-reactive ketones (excluding diaryl/α,β-unsaturated/α-hetero) is 1. The minimum Gasteiger partial charge on any atom is -0.482 e. The molecule has 1 aromatic rings. The molecule has 0 spiro atoms. The van der Waals surface area contributed by atoms with E-state index in [9.17, 15) is 18.0 Å². The molecule has 0 aliphatic heterocycles. The van der Waals surface area contributed by atoms with Crippen molar-refractivity contribution in [2.45, 2.75) is 38.7 Å². The maximum Gasteiger partial charge on any atom is 0.276 e. The summed E-state index contributed by atoms with van der Waals surface area (Å²) in [4.78, 5) is 11.5. The van der Waals surface area contributed by atoms with Crippen LogP contribution in [0.25, 0.3) is 0 Å². The van der Waals surface area contributed by atoms with Gasteiger partial charge < -0.3 is 4.74 Å². The molecule has 0 bridgehead atoms. The van der Waals surface area contributed by atoms with Gasteiger partial charge >= 0.3 is 0 Å². The molecule has 114 valence electrons. The normalized spacial score (nSPS) is 12.6. The Morgan fingerprint density at radius 1 is 1.52 bits per heavy atom. The molecule has 1 rings (SSSR count). The molecule has 0 radical (unpaired) electrons. The number of nitrogens with zero attached hydrogens (tertiary/aromatic N) is 1. The van der Waals surface area contributed by atoms with Gasteiger partial charge in [-0.3, -0.25) is 4.79 Å². The molecule has 1 aromatic carbocycles. The highest BCUT2D eigenvalue weighted by Crippen LogP contribution is 2.40. The van der Waals surface area contributed by atoms with Crippen molar-refractivity contribution in [3.63, 3.8) is 0 Å². The highest BCUT2D eigenvalue weighted by atomic mass is 79.9. The second-order valence-electron chi connectivity index (χ2n) is 4.38. The first-order chi connectivity index (χ1) is 9.72. The minimum absolute atomic E-state index is 0.117. The lowest BCUT2D eigenvalue weighted by molar-refractivity contribution is -0.124. The lowest BCUT2D eigenvalue weighted by Crippen LogP contribution is -2.25. The Kier molecular flexibility index (Phi) is 5.78. The summed E-state index contributed by atoms with van der Waals surface area (Å²) in [6.07, 6.45) is -2.02. The quantitative estimate of drug-likeness (QED) is 0.755. The summed E-state index contributed by atoms with van der Waals surface area (Å²) < 4.78 is 46.4. The average Bonchev–Trinajstić information content (AvgIpc) is 2.42. The average molecular weight is 364 g/mol. The van der Waals surface area contributed by atoms with Crippen molar-refractivity contribution in [2.24, 2.45) is 0 Å². The molecule has 0 heterocycles. The van der Waals surface area contributed by atoms with E-state index >= 15 is 0 Å². The third-order valence-electron chi connectivity index (χ3n) is 2.87.